The molecule has 1 aromatic carbocycles. The molecule has 14 heavy (non-hydrogen) atoms. The fraction of sp³-hybridized carbons (Fsp3) is 0.300. The van der Waals surface area contributed by atoms with Crippen molar-refractivity contribution in [3.8, 4) is 0 Å². The maximum Gasteiger partial charge on any atom is 0.108 e. The van der Waals surface area contributed by atoms with Crippen LogP contribution >= 0.6 is 11.6 Å². The first-order valence-corrected chi connectivity index (χ1v) is 4.93. The summed E-state index contributed by atoms with van der Waals surface area (Å²) in [5, 5.41) is 0.676. The highest BCUT2D eigenvalue weighted by Crippen LogP contribution is 2.20. The number of rotatable bonds is 2. The predicted octanol–water partition coefficient (Wildman–Crippen LogP) is 2.11. The molecule has 0 fully saturated rings. The van der Waals surface area contributed by atoms with E-state index in [1.807, 2.05) is 25.1 Å². The molecular formula is C10H12ClN3. The van der Waals surface area contributed by atoms with E-state index >= 15 is 0 Å². The van der Waals surface area contributed by atoms with Crippen molar-refractivity contribution < 1.29 is 0 Å². The summed E-state index contributed by atoms with van der Waals surface area (Å²) in [6, 6.07) is 5.80. The molecule has 0 amide bonds. The van der Waals surface area contributed by atoms with Crippen LogP contribution in [0.1, 0.15) is 12.7 Å². The first-order valence-electron chi connectivity index (χ1n) is 4.55. The van der Waals surface area contributed by atoms with Gasteiger partial charge in [0.2, 0.25) is 0 Å². The lowest BCUT2D eigenvalue weighted by atomic mass is 10.2. The molecule has 74 valence electrons. The van der Waals surface area contributed by atoms with E-state index in [-0.39, 0.29) is 6.04 Å². The van der Waals surface area contributed by atoms with Gasteiger partial charge in [0.15, 0.2) is 0 Å². The highest BCUT2D eigenvalue weighted by molar-refractivity contribution is 6.34. The average Bonchev–Trinajstić information content (AvgIpc) is 2.47. The van der Waals surface area contributed by atoms with Crippen molar-refractivity contribution >= 4 is 22.6 Å². The summed E-state index contributed by atoms with van der Waals surface area (Å²) in [7, 11) is 0. The Morgan fingerprint density at radius 1 is 1.57 bits per heavy atom. The van der Waals surface area contributed by atoms with E-state index in [1.165, 1.54) is 0 Å². The summed E-state index contributed by atoms with van der Waals surface area (Å²) < 4.78 is 0. The number of halogens is 1. The second-order valence-electron chi connectivity index (χ2n) is 3.50. The molecule has 3 nitrogen and oxygen atoms in total. The number of nitrogens with zero attached hydrogens (tertiary/aromatic N) is 1. The first-order chi connectivity index (χ1) is 6.66. The van der Waals surface area contributed by atoms with E-state index < -0.39 is 0 Å². The number of benzene rings is 1. The smallest absolute Gasteiger partial charge is 0.108 e. The number of aromatic nitrogens is 2. The summed E-state index contributed by atoms with van der Waals surface area (Å²) in [6.07, 6.45) is 0.741. The maximum absolute atomic E-state index is 5.99. The third-order valence-corrected chi connectivity index (χ3v) is 2.33. The molecular weight excluding hydrogens is 198 g/mol. The minimum Gasteiger partial charge on any atom is -0.342 e. The van der Waals surface area contributed by atoms with Crippen LogP contribution in [-0.4, -0.2) is 16.0 Å². The monoisotopic (exact) mass is 209 g/mol. The van der Waals surface area contributed by atoms with Gasteiger partial charge in [-0.15, -0.1) is 0 Å². The van der Waals surface area contributed by atoms with Gasteiger partial charge in [-0.05, 0) is 19.1 Å². The lowest BCUT2D eigenvalue weighted by Crippen LogP contribution is -2.18. The van der Waals surface area contributed by atoms with Crippen LogP contribution in [0.25, 0.3) is 11.0 Å². The van der Waals surface area contributed by atoms with Gasteiger partial charge in [-0.1, -0.05) is 17.7 Å². The number of hydrogen-bond acceptors (Lipinski definition) is 2. The number of aromatic amines is 1. The zero-order chi connectivity index (χ0) is 10.1. The number of fused-ring (bicyclic) bond motifs is 1. The first kappa shape index (κ1) is 9.49. The molecule has 0 aliphatic heterocycles. The van der Waals surface area contributed by atoms with Gasteiger partial charge < -0.3 is 10.7 Å². The molecule has 0 bridgehead atoms. The van der Waals surface area contributed by atoms with E-state index in [2.05, 4.69) is 9.97 Å². The molecule has 2 rings (SSSR count). The summed E-state index contributed by atoms with van der Waals surface area (Å²) in [4.78, 5) is 7.58. The fourth-order valence-corrected chi connectivity index (χ4v) is 1.67. The topological polar surface area (TPSA) is 54.7 Å². The van der Waals surface area contributed by atoms with Gasteiger partial charge in [0, 0.05) is 12.5 Å². The summed E-state index contributed by atoms with van der Waals surface area (Å²) in [5.41, 5.74) is 7.48. The van der Waals surface area contributed by atoms with Crippen molar-refractivity contribution in [1.82, 2.24) is 9.97 Å². The lowest BCUT2D eigenvalue weighted by molar-refractivity contribution is 0.712. The van der Waals surface area contributed by atoms with Crippen molar-refractivity contribution in [3.63, 3.8) is 0 Å². The molecule has 4 heteroatoms. The van der Waals surface area contributed by atoms with Crippen LogP contribution in [0.2, 0.25) is 5.02 Å². The van der Waals surface area contributed by atoms with Gasteiger partial charge in [-0.25, -0.2) is 4.98 Å². The van der Waals surface area contributed by atoms with Crippen LogP contribution in [0.15, 0.2) is 18.2 Å². The summed E-state index contributed by atoms with van der Waals surface area (Å²) in [5.74, 6) is 0.892. The molecule has 0 spiro atoms. The standard InChI is InChI=1S/C10H12ClN3/c1-6(12)5-9-13-8-4-2-3-7(11)10(8)14-9/h2-4,6H,5,12H2,1H3,(H,13,14). The quantitative estimate of drug-likeness (QED) is 0.796. The highest BCUT2D eigenvalue weighted by atomic mass is 35.5. The molecule has 3 N–H and O–H groups in total. The number of nitrogens with one attached hydrogen (secondary N) is 1. The Labute approximate surface area is 87.3 Å². The summed E-state index contributed by atoms with van der Waals surface area (Å²) in [6.45, 7) is 1.95. The van der Waals surface area contributed by atoms with Crippen LogP contribution < -0.4 is 5.73 Å². The van der Waals surface area contributed by atoms with E-state index in [0.29, 0.717) is 5.02 Å². The fourth-order valence-electron chi connectivity index (χ4n) is 1.45. The van der Waals surface area contributed by atoms with E-state index in [9.17, 15) is 0 Å². The average molecular weight is 210 g/mol. The van der Waals surface area contributed by atoms with Crippen LogP contribution in [0.5, 0.6) is 0 Å². The lowest BCUT2D eigenvalue weighted by Gasteiger charge is -1.98. The SMILES string of the molecule is CC(N)Cc1nc2c(Cl)cccc2[nH]1. The van der Waals surface area contributed by atoms with Crippen molar-refractivity contribution in [1.29, 1.82) is 0 Å². The minimum atomic E-state index is 0.106. The Bertz CT molecular complexity index is 448. The van der Waals surface area contributed by atoms with Gasteiger partial charge in [0.1, 0.15) is 11.3 Å². The van der Waals surface area contributed by atoms with Gasteiger partial charge >= 0.3 is 0 Å². The Hall–Kier alpha value is -1.06. The van der Waals surface area contributed by atoms with Crippen LogP contribution in [0.3, 0.4) is 0 Å². The second kappa shape index (κ2) is 3.59. The zero-order valence-electron chi connectivity index (χ0n) is 7.92. The Balaban J connectivity index is 2.46. The minimum absolute atomic E-state index is 0.106. The Kier molecular flexibility index (Phi) is 2.44. The molecule has 0 radical (unpaired) electrons. The number of para-hydroxylation sites is 1. The van der Waals surface area contributed by atoms with Crippen LogP contribution in [0, 0.1) is 0 Å². The van der Waals surface area contributed by atoms with E-state index in [0.717, 1.165) is 23.3 Å². The van der Waals surface area contributed by atoms with Gasteiger partial charge in [0.05, 0.1) is 10.5 Å². The van der Waals surface area contributed by atoms with E-state index in [1.54, 1.807) is 0 Å². The third-order valence-electron chi connectivity index (χ3n) is 2.03. The molecule has 1 aromatic heterocycles. The zero-order valence-corrected chi connectivity index (χ0v) is 8.67. The molecule has 1 atom stereocenters. The molecule has 2 aromatic rings. The predicted molar refractivity (Wildman–Crippen MR) is 58.5 cm³/mol. The maximum atomic E-state index is 5.99. The molecule has 0 aliphatic carbocycles. The number of H-pyrrole nitrogens is 1. The molecule has 0 saturated carbocycles. The van der Waals surface area contributed by atoms with Gasteiger partial charge in [0.25, 0.3) is 0 Å². The van der Waals surface area contributed by atoms with Gasteiger partial charge in [-0.2, -0.15) is 0 Å². The Morgan fingerprint density at radius 3 is 3.00 bits per heavy atom. The third kappa shape index (κ3) is 1.74. The van der Waals surface area contributed by atoms with Crippen molar-refractivity contribution in [2.45, 2.75) is 19.4 Å². The van der Waals surface area contributed by atoms with Crippen molar-refractivity contribution in [2.24, 2.45) is 5.73 Å². The Morgan fingerprint density at radius 2 is 2.36 bits per heavy atom. The number of imidazole rings is 1. The van der Waals surface area contributed by atoms with E-state index in [4.69, 9.17) is 17.3 Å². The largest absolute Gasteiger partial charge is 0.342 e. The van der Waals surface area contributed by atoms with Crippen LogP contribution in [0.4, 0.5) is 0 Å². The second-order valence-corrected chi connectivity index (χ2v) is 3.91. The van der Waals surface area contributed by atoms with Crippen LogP contribution in [-0.2, 0) is 6.42 Å². The molecule has 0 aliphatic rings. The molecule has 1 heterocycles. The van der Waals surface area contributed by atoms with Crippen molar-refractivity contribution in [3.05, 3.63) is 29.0 Å². The molecule has 0 saturated heterocycles. The summed E-state index contributed by atoms with van der Waals surface area (Å²) >= 11 is 5.99. The van der Waals surface area contributed by atoms with Gasteiger partial charge in [-0.3, -0.25) is 0 Å². The number of nitrogens with two attached hydrogens (primary N) is 1. The number of hydrogen-bond donors (Lipinski definition) is 2. The molecule has 1 unspecified atom stereocenters. The highest BCUT2D eigenvalue weighted by Gasteiger charge is 2.06. The normalized spacial score (nSPS) is 13.4. The van der Waals surface area contributed by atoms with Crippen molar-refractivity contribution in [2.75, 3.05) is 0 Å².